The molecule has 1 aromatic carbocycles. The van der Waals surface area contributed by atoms with E-state index in [4.69, 9.17) is 4.74 Å². The molecule has 0 spiro atoms. The third kappa shape index (κ3) is 4.89. The average Bonchev–Trinajstić information content (AvgIpc) is 2.93. The molecule has 0 saturated heterocycles. The van der Waals surface area contributed by atoms with E-state index in [-0.39, 0.29) is 35.6 Å². The van der Waals surface area contributed by atoms with E-state index >= 15 is 0 Å². The first-order valence-electron chi connectivity index (χ1n) is 9.53. The molecular weight excluding hydrogens is 382 g/mol. The van der Waals surface area contributed by atoms with Crippen molar-refractivity contribution in [2.75, 3.05) is 6.54 Å². The normalized spacial score (nSPS) is 20.8. The number of rotatable bonds is 6. The van der Waals surface area contributed by atoms with Crippen molar-refractivity contribution < 1.29 is 22.7 Å². The third-order valence-corrected chi connectivity index (χ3v) is 6.27. The monoisotopic (exact) mass is 407 g/mol. The van der Waals surface area contributed by atoms with Gasteiger partial charge in [0.2, 0.25) is 0 Å². The van der Waals surface area contributed by atoms with E-state index < -0.39 is 22.1 Å². The number of amidine groups is 1. The van der Waals surface area contributed by atoms with Crippen LogP contribution in [0.4, 0.5) is 0 Å². The van der Waals surface area contributed by atoms with E-state index in [1.54, 1.807) is 25.1 Å². The van der Waals surface area contributed by atoms with Gasteiger partial charge in [-0.1, -0.05) is 31.4 Å². The summed E-state index contributed by atoms with van der Waals surface area (Å²) in [5, 5.41) is 2.92. The number of carbonyl (C=O) groups excluding carboxylic acids is 2. The Labute approximate surface area is 164 Å². The van der Waals surface area contributed by atoms with Crippen molar-refractivity contribution in [2.45, 2.75) is 62.5 Å². The van der Waals surface area contributed by atoms with Gasteiger partial charge in [0, 0.05) is 11.6 Å². The summed E-state index contributed by atoms with van der Waals surface area (Å²) < 4.78 is 31.6. The predicted molar refractivity (Wildman–Crippen MR) is 103 cm³/mol. The summed E-state index contributed by atoms with van der Waals surface area (Å²) in [4.78, 5) is 28.5. The Morgan fingerprint density at radius 2 is 1.96 bits per heavy atom. The SMILES string of the molecule is C[C@H](OC(=O)CCN=C1NS(=O)(=O)c2ccccc21)C(=O)NC1CCCCC1. The molecular formula is C19H25N3O5S. The van der Waals surface area contributed by atoms with E-state index in [0.717, 1.165) is 25.7 Å². The number of fused-ring (bicyclic) bond motifs is 1. The number of esters is 1. The number of hydrogen-bond acceptors (Lipinski definition) is 6. The molecule has 1 saturated carbocycles. The van der Waals surface area contributed by atoms with Crippen LogP contribution in [-0.2, 0) is 24.3 Å². The number of aliphatic imine (C=N–C) groups is 1. The van der Waals surface area contributed by atoms with Gasteiger partial charge in [0.05, 0.1) is 17.9 Å². The lowest BCUT2D eigenvalue weighted by Crippen LogP contribution is -2.42. The molecule has 1 aliphatic carbocycles. The molecule has 152 valence electrons. The van der Waals surface area contributed by atoms with Crippen molar-refractivity contribution in [3.8, 4) is 0 Å². The summed E-state index contributed by atoms with van der Waals surface area (Å²) in [5.74, 6) is -0.625. The highest BCUT2D eigenvalue weighted by atomic mass is 32.2. The Morgan fingerprint density at radius 1 is 1.25 bits per heavy atom. The third-order valence-electron chi connectivity index (χ3n) is 4.88. The van der Waals surface area contributed by atoms with Gasteiger partial charge in [-0.3, -0.25) is 19.3 Å². The summed E-state index contributed by atoms with van der Waals surface area (Å²) >= 11 is 0. The zero-order valence-corrected chi connectivity index (χ0v) is 16.6. The Balaban J connectivity index is 1.48. The average molecular weight is 407 g/mol. The maximum atomic E-state index is 12.1. The highest BCUT2D eigenvalue weighted by molar-refractivity contribution is 7.90. The van der Waals surface area contributed by atoms with Gasteiger partial charge >= 0.3 is 5.97 Å². The van der Waals surface area contributed by atoms with Crippen LogP contribution in [0.15, 0.2) is 34.2 Å². The minimum absolute atomic E-state index is 0.0472. The molecule has 9 heteroatoms. The van der Waals surface area contributed by atoms with Crippen molar-refractivity contribution in [3.05, 3.63) is 29.8 Å². The lowest BCUT2D eigenvalue weighted by molar-refractivity contribution is -0.154. The second-order valence-corrected chi connectivity index (χ2v) is 8.71. The van der Waals surface area contributed by atoms with Crippen molar-refractivity contribution in [2.24, 2.45) is 4.99 Å². The smallest absolute Gasteiger partial charge is 0.308 e. The Kier molecular flexibility index (Phi) is 6.33. The molecule has 3 rings (SSSR count). The topological polar surface area (TPSA) is 114 Å². The first-order valence-corrected chi connectivity index (χ1v) is 11.0. The lowest BCUT2D eigenvalue weighted by atomic mass is 9.95. The lowest BCUT2D eigenvalue weighted by Gasteiger charge is -2.24. The van der Waals surface area contributed by atoms with Crippen molar-refractivity contribution >= 4 is 27.7 Å². The molecule has 28 heavy (non-hydrogen) atoms. The largest absolute Gasteiger partial charge is 0.452 e. The van der Waals surface area contributed by atoms with Crippen molar-refractivity contribution in [3.63, 3.8) is 0 Å². The number of nitrogens with one attached hydrogen (secondary N) is 2. The van der Waals surface area contributed by atoms with Crippen LogP contribution in [0.1, 0.15) is 51.0 Å². The maximum Gasteiger partial charge on any atom is 0.308 e. The first-order chi connectivity index (χ1) is 13.4. The van der Waals surface area contributed by atoms with E-state index in [2.05, 4.69) is 15.0 Å². The van der Waals surface area contributed by atoms with Gasteiger partial charge in [-0.2, -0.15) is 0 Å². The first kappa shape index (κ1) is 20.3. The van der Waals surface area contributed by atoms with Crippen LogP contribution in [0.3, 0.4) is 0 Å². The summed E-state index contributed by atoms with van der Waals surface area (Å²) in [6, 6.07) is 6.67. The van der Waals surface area contributed by atoms with Crippen LogP contribution in [0, 0.1) is 0 Å². The van der Waals surface area contributed by atoms with Crippen LogP contribution in [0.25, 0.3) is 0 Å². The highest BCUT2D eigenvalue weighted by Gasteiger charge is 2.30. The Bertz CT molecular complexity index is 875. The van der Waals surface area contributed by atoms with Crippen LogP contribution < -0.4 is 10.0 Å². The zero-order chi connectivity index (χ0) is 20.1. The second-order valence-electron chi connectivity index (χ2n) is 7.06. The van der Waals surface area contributed by atoms with E-state index in [1.165, 1.54) is 12.5 Å². The zero-order valence-electron chi connectivity index (χ0n) is 15.8. The van der Waals surface area contributed by atoms with Crippen molar-refractivity contribution in [1.29, 1.82) is 0 Å². The number of nitrogens with zero attached hydrogens (tertiary/aromatic N) is 1. The van der Waals surface area contributed by atoms with Crippen molar-refractivity contribution in [1.82, 2.24) is 10.0 Å². The minimum atomic E-state index is -3.60. The second kappa shape index (κ2) is 8.72. The predicted octanol–water partition coefficient (Wildman–Crippen LogP) is 1.50. The van der Waals surface area contributed by atoms with E-state index in [1.807, 2.05) is 0 Å². The number of sulfonamides is 1. The van der Waals surface area contributed by atoms with Crippen LogP contribution in [-0.4, -0.2) is 44.8 Å². The number of benzene rings is 1. The van der Waals surface area contributed by atoms with E-state index in [9.17, 15) is 18.0 Å². The Hall–Kier alpha value is -2.42. The van der Waals surface area contributed by atoms with Gasteiger partial charge < -0.3 is 10.1 Å². The quantitative estimate of drug-likeness (QED) is 0.694. The molecule has 1 fully saturated rings. The van der Waals surface area contributed by atoms with Gasteiger partial charge in [0.1, 0.15) is 5.84 Å². The van der Waals surface area contributed by atoms with E-state index in [0.29, 0.717) is 5.56 Å². The standard InChI is InChI=1S/C19H25N3O5S/c1-13(19(24)21-14-7-3-2-4-8-14)27-17(23)11-12-20-18-15-9-5-6-10-16(15)28(25,26)22-18/h5-6,9-10,13-14H,2-4,7-8,11-12H2,1H3,(H,20,22)(H,21,24)/t13-/m0/s1. The molecule has 1 atom stereocenters. The van der Waals surface area contributed by atoms with Gasteiger partial charge in [-0.15, -0.1) is 0 Å². The molecule has 0 bridgehead atoms. The summed E-state index contributed by atoms with van der Waals surface area (Å²) in [7, 11) is -3.60. The fraction of sp³-hybridized carbons (Fsp3) is 0.526. The molecule has 0 radical (unpaired) electrons. The number of hydrogen-bond donors (Lipinski definition) is 2. The molecule has 1 heterocycles. The molecule has 8 nitrogen and oxygen atoms in total. The minimum Gasteiger partial charge on any atom is -0.452 e. The van der Waals surface area contributed by atoms with Gasteiger partial charge in [0.25, 0.3) is 15.9 Å². The number of amides is 1. The molecule has 1 aliphatic heterocycles. The van der Waals surface area contributed by atoms with Crippen LogP contribution >= 0.6 is 0 Å². The highest BCUT2D eigenvalue weighted by Crippen LogP contribution is 2.22. The fourth-order valence-electron chi connectivity index (χ4n) is 3.39. The summed E-state index contributed by atoms with van der Waals surface area (Å²) in [6.07, 6.45) is 4.41. The molecule has 1 amide bonds. The molecule has 2 aliphatic rings. The van der Waals surface area contributed by atoms with Crippen LogP contribution in [0.5, 0.6) is 0 Å². The Morgan fingerprint density at radius 3 is 2.71 bits per heavy atom. The van der Waals surface area contributed by atoms with Crippen LogP contribution in [0.2, 0.25) is 0 Å². The fourth-order valence-corrected chi connectivity index (χ4v) is 4.64. The molecule has 0 aromatic heterocycles. The van der Waals surface area contributed by atoms with Gasteiger partial charge in [-0.25, -0.2) is 8.42 Å². The summed E-state index contributed by atoms with van der Waals surface area (Å²) in [6.45, 7) is 1.60. The molecule has 1 aromatic rings. The number of carbonyl (C=O) groups is 2. The van der Waals surface area contributed by atoms with Gasteiger partial charge in [-0.05, 0) is 31.9 Å². The maximum absolute atomic E-state index is 12.1. The number of ether oxygens (including phenoxy) is 1. The summed E-state index contributed by atoms with van der Waals surface area (Å²) in [5.41, 5.74) is 0.482. The van der Waals surface area contributed by atoms with Gasteiger partial charge in [0.15, 0.2) is 6.10 Å². The molecule has 0 unspecified atom stereocenters. The molecule has 2 N–H and O–H groups in total.